The van der Waals surface area contributed by atoms with E-state index in [1.54, 1.807) is 0 Å². The number of aryl methyl sites for hydroxylation is 1. The van der Waals surface area contributed by atoms with Crippen LogP contribution in [0.25, 0.3) is 11.3 Å². The molecule has 2 aromatic rings. The van der Waals surface area contributed by atoms with E-state index in [0.717, 1.165) is 19.2 Å². The maximum absolute atomic E-state index is 14.3. The number of halogens is 4. The van der Waals surface area contributed by atoms with Gasteiger partial charge in [0.25, 0.3) is 5.91 Å². The van der Waals surface area contributed by atoms with Crippen LogP contribution < -0.4 is 15.1 Å². The van der Waals surface area contributed by atoms with Crippen molar-refractivity contribution >= 4 is 11.6 Å². The van der Waals surface area contributed by atoms with E-state index in [0.29, 0.717) is 10.7 Å². The fraction of sp³-hybridized carbons (Fsp3) is 0.267. The molecule has 25 heavy (non-hydrogen) atoms. The first-order chi connectivity index (χ1) is 11.6. The van der Waals surface area contributed by atoms with Gasteiger partial charge in [0.1, 0.15) is 23.0 Å². The average Bonchev–Trinajstić information content (AvgIpc) is 2.52. The van der Waals surface area contributed by atoms with Crippen molar-refractivity contribution in [3.63, 3.8) is 0 Å². The zero-order valence-corrected chi connectivity index (χ0v) is 13.0. The SMILES string of the molecule is CN1C(=O)COc2cc(F)c(-c3nn(C)c(C(F)(F)F)cc3=O)cc21. The van der Waals surface area contributed by atoms with Crippen LogP contribution in [-0.2, 0) is 18.0 Å². The molecule has 1 aliphatic rings. The number of nitrogens with zero attached hydrogens (tertiary/aromatic N) is 3. The number of hydrogen-bond donors (Lipinski definition) is 0. The summed E-state index contributed by atoms with van der Waals surface area (Å²) in [7, 11) is 2.44. The molecule has 0 radical (unpaired) electrons. The van der Waals surface area contributed by atoms with Gasteiger partial charge in [-0.05, 0) is 6.07 Å². The Labute approximate surface area is 138 Å². The molecule has 10 heteroatoms. The third-order valence-corrected chi connectivity index (χ3v) is 3.78. The molecule has 0 bridgehead atoms. The van der Waals surface area contributed by atoms with Gasteiger partial charge in [0, 0.05) is 31.8 Å². The fourth-order valence-electron chi connectivity index (χ4n) is 2.46. The first kappa shape index (κ1) is 16.9. The Hall–Kier alpha value is -2.91. The molecule has 132 valence electrons. The van der Waals surface area contributed by atoms with Crippen LogP contribution >= 0.6 is 0 Å². The molecule has 0 unspecified atom stereocenters. The van der Waals surface area contributed by atoms with Gasteiger partial charge in [-0.3, -0.25) is 14.3 Å². The predicted octanol–water partition coefficient (Wildman–Crippen LogP) is 1.96. The summed E-state index contributed by atoms with van der Waals surface area (Å²) in [5, 5.41) is 3.56. The molecule has 0 fully saturated rings. The van der Waals surface area contributed by atoms with Crippen molar-refractivity contribution in [3.8, 4) is 17.0 Å². The molecule has 2 heterocycles. The van der Waals surface area contributed by atoms with Gasteiger partial charge in [-0.25, -0.2) is 4.39 Å². The lowest BCUT2D eigenvalue weighted by molar-refractivity contribution is -0.144. The van der Waals surface area contributed by atoms with Crippen LogP contribution in [0, 0.1) is 5.82 Å². The number of amides is 1. The highest BCUT2D eigenvalue weighted by Crippen LogP contribution is 2.36. The molecule has 0 atom stereocenters. The minimum atomic E-state index is -4.77. The second-order valence-electron chi connectivity index (χ2n) is 5.41. The average molecular weight is 357 g/mol. The highest BCUT2D eigenvalue weighted by Gasteiger charge is 2.35. The molecule has 1 aromatic carbocycles. The Balaban J connectivity index is 2.20. The number of benzene rings is 1. The number of carbonyl (C=O) groups is 1. The molecule has 0 saturated carbocycles. The maximum atomic E-state index is 14.3. The van der Waals surface area contributed by atoms with Crippen molar-refractivity contribution in [1.82, 2.24) is 9.78 Å². The molecule has 0 spiro atoms. The second kappa shape index (κ2) is 5.57. The lowest BCUT2D eigenvalue weighted by Gasteiger charge is -2.26. The largest absolute Gasteiger partial charge is 0.481 e. The van der Waals surface area contributed by atoms with E-state index in [1.165, 1.54) is 11.9 Å². The van der Waals surface area contributed by atoms with Crippen LogP contribution in [0.4, 0.5) is 23.2 Å². The second-order valence-corrected chi connectivity index (χ2v) is 5.41. The van der Waals surface area contributed by atoms with E-state index in [1.807, 2.05) is 0 Å². The quantitative estimate of drug-likeness (QED) is 0.732. The Morgan fingerprint density at radius 1 is 1.16 bits per heavy atom. The smallest absolute Gasteiger partial charge is 0.433 e. The fourth-order valence-corrected chi connectivity index (χ4v) is 2.46. The minimum absolute atomic E-state index is 0.0899. The van der Waals surface area contributed by atoms with Crippen LogP contribution in [0.5, 0.6) is 5.75 Å². The normalized spacial score (nSPS) is 14.3. The van der Waals surface area contributed by atoms with Crippen molar-refractivity contribution < 1.29 is 27.1 Å². The van der Waals surface area contributed by atoms with Crippen LogP contribution in [0.15, 0.2) is 23.0 Å². The number of anilines is 1. The van der Waals surface area contributed by atoms with E-state index in [-0.39, 0.29) is 23.6 Å². The maximum Gasteiger partial charge on any atom is 0.433 e. The van der Waals surface area contributed by atoms with Crippen molar-refractivity contribution in [3.05, 3.63) is 39.9 Å². The van der Waals surface area contributed by atoms with Gasteiger partial charge in [0.15, 0.2) is 6.61 Å². The molecule has 0 aliphatic carbocycles. The minimum Gasteiger partial charge on any atom is -0.481 e. The van der Waals surface area contributed by atoms with Gasteiger partial charge in [-0.2, -0.15) is 18.3 Å². The number of aromatic nitrogens is 2. The summed E-state index contributed by atoms with van der Waals surface area (Å²) in [6.07, 6.45) is -4.77. The number of ether oxygens (including phenoxy) is 1. The molecular weight excluding hydrogens is 346 g/mol. The zero-order chi connectivity index (χ0) is 18.5. The number of carbonyl (C=O) groups excluding carboxylic acids is 1. The summed E-state index contributed by atoms with van der Waals surface area (Å²) < 4.78 is 58.4. The van der Waals surface area contributed by atoms with Crippen molar-refractivity contribution in [2.45, 2.75) is 6.18 Å². The number of fused-ring (bicyclic) bond motifs is 1. The van der Waals surface area contributed by atoms with E-state index < -0.39 is 34.7 Å². The van der Waals surface area contributed by atoms with Gasteiger partial charge < -0.3 is 9.64 Å². The summed E-state index contributed by atoms with van der Waals surface area (Å²) in [6.45, 7) is -0.261. The van der Waals surface area contributed by atoms with Gasteiger partial charge in [-0.15, -0.1) is 0 Å². The van der Waals surface area contributed by atoms with E-state index in [2.05, 4.69) is 5.10 Å². The topological polar surface area (TPSA) is 64.4 Å². The molecule has 3 rings (SSSR count). The standard InChI is InChI=1S/C15H11F4N3O3/c1-21-9-3-7(8(16)4-11(9)25-6-13(21)24)14-10(23)5-12(15(17,18)19)22(2)20-14/h3-5H,6H2,1-2H3. The first-order valence-corrected chi connectivity index (χ1v) is 6.98. The summed E-state index contributed by atoms with van der Waals surface area (Å²) in [6, 6.07) is 2.47. The summed E-state index contributed by atoms with van der Waals surface area (Å²) >= 11 is 0. The number of likely N-dealkylation sites (N-methyl/N-ethyl adjacent to an activating group) is 1. The monoisotopic (exact) mass is 357 g/mol. The Morgan fingerprint density at radius 3 is 2.48 bits per heavy atom. The lowest BCUT2D eigenvalue weighted by Crippen LogP contribution is -2.35. The molecule has 1 amide bonds. The molecule has 1 aliphatic heterocycles. The van der Waals surface area contributed by atoms with Gasteiger partial charge >= 0.3 is 6.18 Å². The van der Waals surface area contributed by atoms with Crippen LogP contribution in [0.2, 0.25) is 0 Å². The van der Waals surface area contributed by atoms with Gasteiger partial charge in [-0.1, -0.05) is 0 Å². The zero-order valence-electron chi connectivity index (χ0n) is 13.0. The van der Waals surface area contributed by atoms with Gasteiger partial charge in [0.05, 0.1) is 5.69 Å². The summed E-state index contributed by atoms with van der Waals surface area (Å²) in [5.41, 5.74) is -2.97. The Morgan fingerprint density at radius 2 is 1.84 bits per heavy atom. The first-order valence-electron chi connectivity index (χ1n) is 6.98. The highest BCUT2D eigenvalue weighted by molar-refractivity contribution is 5.98. The molecule has 1 aromatic heterocycles. The third-order valence-electron chi connectivity index (χ3n) is 3.78. The highest BCUT2D eigenvalue weighted by atomic mass is 19.4. The number of alkyl halides is 3. The molecule has 6 nitrogen and oxygen atoms in total. The van der Waals surface area contributed by atoms with E-state index >= 15 is 0 Å². The van der Waals surface area contributed by atoms with Crippen molar-refractivity contribution in [2.24, 2.45) is 7.05 Å². The van der Waals surface area contributed by atoms with Crippen LogP contribution in [0.3, 0.4) is 0 Å². The molecule has 0 N–H and O–H groups in total. The number of rotatable bonds is 1. The lowest BCUT2D eigenvalue weighted by atomic mass is 10.1. The predicted molar refractivity (Wildman–Crippen MR) is 78.8 cm³/mol. The van der Waals surface area contributed by atoms with Crippen LogP contribution in [-0.4, -0.2) is 29.3 Å². The Bertz CT molecular complexity index is 937. The summed E-state index contributed by atoms with van der Waals surface area (Å²) in [4.78, 5) is 24.9. The third kappa shape index (κ3) is 2.83. The number of hydrogen-bond acceptors (Lipinski definition) is 4. The van der Waals surface area contributed by atoms with E-state index in [4.69, 9.17) is 4.74 Å². The van der Waals surface area contributed by atoms with Gasteiger partial charge in [0.2, 0.25) is 5.43 Å². The molecule has 0 saturated heterocycles. The Kier molecular flexibility index (Phi) is 3.77. The summed E-state index contributed by atoms with van der Waals surface area (Å²) in [5.74, 6) is -1.20. The van der Waals surface area contributed by atoms with Crippen molar-refractivity contribution in [1.29, 1.82) is 0 Å². The van der Waals surface area contributed by atoms with Crippen LogP contribution in [0.1, 0.15) is 5.69 Å². The van der Waals surface area contributed by atoms with Crippen molar-refractivity contribution in [2.75, 3.05) is 18.6 Å². The van der Waals surface area contributed by atoms with E-state index in [9.17, 15) is 27.2 Å². The molecular formula is C15H11F4N3O3.